The van der Waals surface area contributed by atoms with E-state index in [0.717, 1.165) is 44.4 Å². The zero-order valence-electron chi connectivity index (χ0n) is 19.8. The minimum absolute atomic E-state index is 0.0248. The van der Waals surface area contributed by atoms with E-state index in [2.05, 4.69) is 116 Å². The zero-order chi connectivity index (χ0) is 23.6. The van der Waals surface area contributed by atoms with Crippen LogP contribution in [-0.4, -0.2) is 0 Å². The van der Waals surface area contributed by atoms with Crippen LogP contribution in [0.5, 0.6) is 0 Å². The number of nitrogens with one attached hydrogen (secondary N) is 1. The lowest BCUT2D eigenvalue weighted by Crippen LogP contribution is -2.14. The normalized spacial score (nSPS) is 13.7. The third-order valence-electron chi connectivity index (χ3n) is 7.50. The summed E-state index contributed by atoms with van der Waals surface area (Å²) in [6.45, 7) is 4.63. The molecule has 7 rings (SSSR count). The Balaban J connectivity index is 1.41. The van der Waals surface area contributed by atoms with Crippen molar-refractivity contribution in [3.05, 3.63) is 120 Å². The van der Waals surface area contributed by atoms with Crippen molar-refractivity contribution in [2.24, 2.45) is 0 Å². The molecule has 0 unspecified atom stereocenters. The molecule has 168 valence electrons. The van der Waals surface area contributed by atoms with Gasteiger partial charge < -0.3 is 9.73 Å². The monoisotopic (exact) mass is 451 g/mol. The van der Waals surface area contributed by atoms with Crippen LogP contribution in [-0.2, 0) is 5.41 Å². The maximum atomic E-state index is 6.36. The van der Waals surface area contributed by atoms with Crippen LogP contribution in [0, 0.1) is 0 Å². The predicted molar refractivity (Wildman–Crippen MR) is 146 cm³/mol. The Bertz CT molecular complexity index is 1750. The molecule has 0 bridgehead atoms. The number of fused-ring (bicyclic) bond motifs is 6. The van der Waals surface area contributed by atoms with E-state index in [0.29, 0.717) is 0 Å². The van der Waals surface area contributed by atoms with Crippen LogP contribution in [0.3, 0.4) is 0 Å². The Morgan fingerprint density at radius 1 is 0.543 bits per heavy atom. The SMILES string of the molecule is CC1(C)c2ccccc2-c2c(Nc3ccccc3-c3cccc4c3oc3ccccc34)cccc21. The highest BCUT2D eigenvalue weighted by molar-refractivity contribution is 6.10. The molecule has 1 heterocycles. The number of furan rings is 1. The first-order chi connectivity index (χ1) is 17.1. The van der Waals surface area contributed by atoms with E-state index in [4.69, 9.17) is 4.42 Å². The maximum Gasteiger partial charge on any atom is 0.143 e. The summed E-state index contributed by atoms with van der Waals surface area (Å²) in [5.74, 6) is 0. The summed E-state index contributed by atoms with van der Waals surface area (Å²) >= 11 is 0. The fourth-order valence-electron chi connectivity index (χ4n) is 5.79. The lowest BCUT2D eigenvalue weighted by atomic mass is 9.82. The van der Waals surface area contributed by atoms with Gasteiger partial charge in [0.25, 0.3) is 0 Å². The Kier molecular flexibility index (Phi) is 4.22. The molecule has 2 nitrogen and oxygen atoms in total. The molecule has 0 radical (unpaired) electrons. The van der Waals surface area contributed by atoms with Gasteiger partial charge in [-0.1, -0.05) is 105 Å². The number of para-hydroxylation sites is 3. The van der Waals surface area contributed by atoms with E-state index >= 15 is 0 Å². The van der Waals surface area contributed by atoms with Gasteiger partial charge >= 0.3 is 0 Å². The van der Waals surface area contributed by atoms with Gasteiger partial charge in [-0.05, 0) is 34.9 Å². The topological polar surface area (TPSA) is 25.2 Å². The maximum absolute atomic E-state index is 6.36. The van der Waals surface area contributed by atoms with Crippen LogP contribution >= 0.6 is 0 Å². The Hall–Kier alpha value is -4.30. The van der Waals surface area contributed by atoms with E-state index in [1.54, 1.807) is 0 Å². The Labute approximate surface area is 204 Å². The molecule has 1 aliphatic rings. The average Bonchev–Trinajstić information content (AvgIpc) is 3.38. The van der Waals surface area contributed by atoms with Gasteiger partial charge in [-0.3, -0.25) is 0 Å². The van der Waals surface area contributed by atoms with E-state index in [9.17, 15) is 0 Å². The number of benzene rings is 5. The molecule has 1 N–H and O–H groups in total. The fraction of sp³-hybridized carbons (Fsp3) is 0.0909. The molecule has 0 saturated heterocycles. The molecule has 1 aliphatic carbocycles. The number of rotatable bonds is 3. The zero-order valence-corrected chi connectivity index (χ0v) is 19.8. The van der Waals surface area contributed by atoms with Gasteiger partial charge in [0.2, 0.25) is 0 Å². The van der Waals surface area contributed by atoms with Crippen molar-refractivity contribution in [1.82, 2.24) is 0 Å². The highest BCUT2D eigenvalue weighted by Gasteiger charge is 2.36. The van der Waals surface area contributed by atoms with Crippen LogP contribution in [0.15, 0.2) is 114 Å². The summed E-state index contributed by atoms with van der Waals surface area (Å²) in [5.41, 5.74) is 11.6. The van der Waals surface area contributed by atoms with E-state index in [-0.39, 0.29) is 5.41 Å². The van der Waals surface area contributed by atoms with Crippen molar-refractivity contribution in [1.29, 1.82) is 0 Å². The molecule has 0 saturated carbocycles. The first kappa shape index (κ1) is 20.1. The number of hydrogen-bond donors (Lipinski definition) is 1. The summed E-state index contributed by atoms with van der Waals surface area (Å²) in [7, 11) is 0. The van der Waals surface area contributed by atoms with Gasteiger partial charge in [0.15, 0.2) is 0 Å². The van der Waals surface area contributed by atoms with E-state index in [1.165, 1.54) is 22.3 Å². The third kappa shape index (κ3) is 2.90. The minimum atomic E-state index is -0.0248. The van der Waals surface area contributed by atoms with E-state index < -0.39 is 0 Å². The second-order valence-corrected chi connectivity index (χ2v) is 9.85. The molecular formula is C33H25NO. The van der Waals surface area contributed by atoms with Gasteiger partial charge in [-0.25, -0.2) is 0 Å². The van der Waals surface area contributed by atoms with Gasteiger partial charge in [-0.15, -0.1) is 0 Å². The van der Waals surface area contributed by atoms with Crippen LogP contribution in [0.4, 0.5) is 11.4 Å². The van der Waals surface area contributed by atoms with Crippen LogP contribution < -0.4 is 5.32 Å². The van der Waals surface area contributed by atoms with Gasteiger partial charge in [0, 0.05) is 44.3 Å². The summed E-state index contributed by atoms with van der Waals surface area (Å²) in [4.78, 5) is 0. The predicted octanol–water partition coefficient (Wildman–Crippen LogP) is 9.30. The van der Waals surface area contributed by atoms with Crippen LogP contribution in [0.1, 0.15) is 25.0 Å². The molecular weight excluding hydrogens is 426 g/mol. The molecule has 0 spiro atoms. The van der Waals surface area contributed by atoms with Crippen molar-refractivity contribution < 1.29 is 4.42 Å². The van der Waals surface area contributed by atoms with Gasteiger partial charge in [0.05, 0.1) is 0 Å². The molecule has 35 heavy (non-hydrogen) atoms. The molecule has 0 atom stereocenters. The molecule has 0 aliphatic heterocycles. The van der Waals surface area contributed by atoms with Gasteiger partial charge in [-0.2, -0.15) is 0 Å². The summed E-state index contributed by atoms with van der Waals surface area (Å²) < 4.78 is 6.36. The largest absolute Gasteiger partial charge is 0.455 e. The van der Waals surface area contributed by atoms with E-state index in [1.807, 2.05) is 12.1 Å². The third-order valence-corrected chi connectivity index (χ3v) is 7.50. The van der Waals surface area contributed by atoms with Crippen LogP contribution in [0.25, 0.3) is 44.2 Å². The second-order valence-electron chi connectivity index (χ2n) is 9.85. The second kappa shape index (κ2) is 7.35. The average molecular weight is 452 g/mol. The lowest BCUT2D eigenvalue weighted by Gasteiger charge is -2.22. The molecule has 5 aromatic carbocycles. The summed E-state index contributed by atoms with van der Waals surface area (Å²) in [5, 5.41) is 6.10. The van der Waals surface area contributed by atoms with Crippen LogP contribution in [0.2, 0.25) is 0 Å². The fourth-order valence-corrected chi connectivity index (χ4v) is 5.79. The Morgan fingerprint density at radius 2 is 1.17 bits per heavy atom. The highest BCUT2D eigenvalue weighted by atomic mass is 16.3. The van der Waals surface area contributed by atoms with Crippen molar-refractivity contribution in [3.63, 3.8) is 0 Å². The standard InChI is InChI=1S/C33H25NO/c1-33(2)26-16-6-3-13-25(26)31-27(33)17-10-19-29(31)34-28-18-7-4-11-21(28)23-14-9-15-24-22-12-5-8-20-30(22)35-32(23)24/h3-20,34H,1-2H3. The molecule has 1 aromatic heterocycles. The molecule has 2 heteroatoms. The smallest absolute Gasteiger partial charge is 0.143 e. The van der Waals surface area contributed by atoms with Crippen molar-refractivity contribution in [2.75, 3.05) is 5.32 Å². The molecule has 6 aromatic rings. The number of hydrogen-bond acceptors (Lipinski definition) is 2. The minimum Gasteiger partial charge on any atom is -0.455 e. The Morgan fingerprint density at radius 3 is 2.09 bits per heavy atom. The van der Waals surface area contributed by atoms with Crippen molar-refractivity contribution in [2.45, 2.75) is 19.3 Å². The first-order valence-corrected chi connectivity index (χ1v) is 12.1. The number of anilines is 2. The highest BCUT2D eigenvalue weighted by Crippen LogP contribution is 2.52. The summed E-state index contributed by atoms with van der Waals surface area (Å²) in [6.07, 6.45) is 0. The van der Waals surface area contributed by atoms with Gasteiger partial charge in [0.1, 0.15) is 11.2 Å². The first-order valence-electron chi connectivity index (χ1n) is 12.1. The van der Waals surface area contributed by atoms with Crippen molar-refractivity contribution in [3.8, 4) is 22.3 Å². The molecule has 0 fully saturated rings. The molecule has 0 amide bonds. The lowest BCUT2D eigenvalue weighted by molar-refractivity contribution is 0.660. The summed E-state index contributed by atoms with van der Waals surface area (Å²) in [6, 6.07) is 38.6. The quantitative estimate of drug-likeness (QED) is 0.290. The van der Waals surface area contributed by atoms with Crippen molar-refractivity contribution >= 4 is 33.3 Å².